The van der Waals surface area contributed by atoms with Crippen LogP contribution in [0, 0.1) is 6.92 Å². The molecule has 0 unspecified atom stereocenters. The van der Waals surface area contributed by atoms with Gasteiger partial charge >= 0.3 is 0 Å². The zero-order valence-electron chi connectivity index (χ0n) is 15.0. The third-order valence-electron chi connectivity index (χ3n) is 5.29. The Bertz CT molecular complexity index is 992. The highest BCUT2D eigenvalue weighted by Crippen LogP contribution is 2.38. The van der Waals surface area contributed by atoms with E-state index in [2.05, 4.69) is 11.2 Å². The third kappa shape index (κ3) is 3.32. The standard InChI is InChI=1S/C20H24N2O2S2/c1-15-9-11-18(12-10-15)26(23,24)22-20-17(14-21-22)13-19(25-20)16-7-5-3-2-4-6-8-16/h9-14,16H,2-8H2,1H3. The van der Waals surface area contributed by atoms with Crippen molar-refractivity contribution in [3.8, 4) is 0 Å². The number of hydrogen-bond acceptors (Lipinski definition) is 4. The predicted octanol–water partition coefficient (Wildman–Crippen LogP) is 5.47. The number of rotatable bonds is 3. The van der Waals surface area contributed by atoms with E-state index in [-0.39, 0.29) is 4.90 Å². The summed E-state index contributed by atoms with van der Waals surface area (Å²) in [6.07, 6.45) is 10.6. The van der Waals surface area contributed by atoms with E-state index in [1.165, 1.54) is 53.9 Å². The van der Waals surface area contributed by atoms with Crippen LogP contribution < -0.4 is 0 Å². The van der Waals surface area contributed by atoms with Crippen LogP contribution in [-0.4, -0.2) is 17.6 Å². The van der Waals surface area contributed by atoms with Gasteiger partial charge in [0.25, 0.3) is 10.0 Å². The topological polar surface area (TPSA) is 52.0 Å². The largest absolute Gasteiger partial charge is 0.284 e. The molecule has 26 heavy (non-hydrogen) atoms. The van der Waals surface area contributed by atoms with Crippen molar-refractivity contribution in [2.24, 2.45) is 0 Å². The Hall–Kier alpha value is -1.66. The first-order valence-corrected chi connectivity index (χ1v) is 11.6. The van der Waals surface area contributed by atoms with Gasteiger partial charge in [0.05, 0.1) is 11.1 Å². The molecule has 0 amide bonds. The van der Waals surface area contributed by atoms with Crippen LogP contribution in [0.1, 0.15) is 61.3 Å². The molecule has 2 heterocycles. The Morgan fingerprint density at radius 3 is 2.38 bits per heavy atom. The van der Waals surface area contributed by atoms with Crippen LogP contribution in [-0.2, 0) is 10.0 Å². The summed E-state index contributed by atoms with van der Waals surface area (Å²) >= 11 is 1.60. The molecule has 0 spiro atoms. The van der Waals surface area contributed by atoms with Crippen molar-refractivity contribution in [2.75, 3.05) is 0 Å². The summed E-state index contributed by atoms with van der Waals surface area (Å²) in [6.45, 7) is 1.95. The summed E-state index contributed by atoms with van der Waals surface area (Å²) in [4.78, 5) is 2.34. The first kappa shape index (κ1) is 17.7. The monoisotopic (exact) mass is 388 g/mol. The van der Waals surface area contributed by atoms with Crippen molar-refractivity contribution in [1.29, 1.82) is 0 Å². The molecule has 1 aromatic carbocycles. The molecule has 3 aromatic rings. The number of aromatic nitrogens is 2. The van der Waals surface area contributed by atoms with Crippen LogP contribution in [0.5, 0.6) is 0 Å². The van der Waals surface area contributed by atoms with Gasteiger partial charge in [-0.3, -0.25) is 0 Å². The maximum absolute atomic E-state index is 13.0. The van der Waals surface area contributed by atoms with E-state index in [1.54, 1.807) is 29.7 Å². The number of hydrogen-bond donors (Lipinski definition) is 0. The fraction of sp³-hybridized carbons (Fsp3) is 0.450. The molecule has 2 aromatic heterocycles. The molecule has 0 saturated heterocycles. The Morgan fingerprint density at radius 2 is 1.69 bits per heavy atom. The van der Waals surface area contributed by atoms with Crippen LogP contribution in [0.2, 0.25) is 0 Å². The lowest BCUT2D eigenvalue weighted by molar-refractivity contribution is 0.460. The molecule has 4 nitrogen and oxygen atoms in total. The number of benzene rings is 1. The molecule has 0 aliphatic heterocycles. The number of thiophene rings is 1. The second kappa shape index (κ2) is 7.16. The van der Waals surface area contributed by atoms with Crippen LogP contribution in [0.15, 0.2) is 41.4 Å². The Labute approximate surface area is 158 Å². The first-order chi connectivity index (χ1) is 12.6. The van der Waals surface area contributed by atoms with Crippen molar-refractivity contribution < 1.29 is 8.42 Å². The Balaban J connectivity index is 1.70. The van der Waals surface area contributed by atoms with Gasteiger partial charge < -0.3 is 0 Å². The van der Waals surface area contributed by atoms with Gasteiger partial charge in [-0.25, -0.2) is 0 Å². The van der Waals surface area contributed by atoms with Gasteiger partial charge in [-0.2, -0.15) is 13.5 Å². The minimum Gasteiger partial charge on any atom is -0.199 e. The van der Waals surface area contributed by atoms with E-state index >= 15 is 0 Å². The van der Waals surface area contributed by atoms with E-state index in [4.69, 9.17) is 0 Å². The van der Waals surface area contributed by atoms with Gasteiger partial charge in [0.15, 0.2) is 0 Å². The summed E-state index contributed by atoms with van der Waals surface area (Å²) in [7, 11) is -3.65. The average Bonchev–Trinajstić information content (AvgIpc) is 3.15. The molecular weight excluding hydrogens is 364 g/mol. The van der Waals surface area contributed by atoms with Crippen molar-refractivity contribution in [3.63, 3.8) is 0 Å². The van der Waals surface area contributed by atoms with E-state index < -0.39 is 10.0 Å². The Kier molecular flexibility index (Phi) is 4.88. The molecular formula is C20H24N2O2S2. The minimum atomic E-state index is -3.65. The lowest BCUT2D eigenvalue weighted by atomic mass is 9.90. The first-order valence-electron chi connectivity index (χ1n) is 9.35. The third-order valence-corrected chi connectivity index (χ3v) is 8.29. The van der Waals surface area contributed by atoms with Gasteiger partial charge in [0, 0.05) is 10.3 Å². The van der Waals surface area contributed by atoms with Gasteiger partial charge in [-0.05, 0) is 43.9 Å². The zero-order valence-corrected chi connectivity index (χ0v) is 16.7. The maximum atomic E-state index is 13.0. The van der Waals surface area contributed by atoms with Crippen LogP contribution >= 0.6 is 11.3 Å². The summed E-state index contributed by atoms with van der Waals surface area (Å²) in [5.41, 5.74) is 1.04. The molecule has 1 saturated carbocycles. The average molecular weight is 389 g/mol. The number of aryl methyl sites for hydroxylation is 1. The van der Waals surface area contributed by atoms with Gasteiger partial charge in [0.1, 0.15) is 4.83 Å². The second-order valence-corrected chi connectivity index (χ2v) is 10.1. The van der Waals surface area contributed by atoms with E-state index in [0.29, 0.717) is 5.92 Å². The SMILES string of the molecule is Cc1ccc(S(=O)(=O)n2ncc3cc(C4CCCCCCC4)sc32)cc1. The molecule has 4 rings (SSSR count). The summed E-state index contributed by atoms with van der Waals surface area (Å²) in [5.74, 6) is 0.559. The normalized spacial score (nSPS) is 17.3. The lowest BCUT2D eigenvalue weighted by Crippen LogP contribution is -2.13. The fourth-order valence-electron chi connectivity index (χ4n) is 3.75. The highest BCUT2D eigenvalue weighted by molar-refractivity contribution is 7.90. The molecule has 1 aliphatic rings. The number of nitrogens with zero attached hydrogens (tertiary/aromatic N) is 2. The fourth-order valence-corrected chi connectivity index (χ4v) is 6.49. The molecule has 1 fully saturated rings. The molecule has 0 radical (unpaired) electrons. The molecule has 0 N–H and O–H groups in total. The van der Waals surface area contributed by atoms with Crippen molar-refractivity contribution in [2.45, 2.75) is 62.7 Å². The van der Waals surface area contributed by atoms with Gasteiger partial charge in [-0.15, -0.1) is 15.4 Å². The summed E-state index contributed by atoms with van der Waals surface area (Å²) in [6, 6.07) is 9.10. The Morgan fingerprint density at radius 1 is 1.04 bits per heavy atom. The molecule has 138 valence electrons. The quantitative estimate of drug-likeness (QED) is 0.598. The molecule has 0 bridgehead atoms. The zero-order chi connectivity index (χ0) is 18.1. The van der Waals surface area contributed by atoms with Crippen LogP contribution in [0.25, 0.3) is 10.2 Å². The van der Waals surface area contributed by atoms with Crippen LogP contribution in [0.4, 0.5) is 0 Å². The summed E-state index contributed by atoms with van der Waals surface area (Å²) < 4.78 is 27.2. The van der Waals surface area contributed by atoms with E-state index in [0.717, 1.165) is 15.8 Å². The van der Waals surface area contributed by atoms with Crippen molar-refractivity contribution in [3.05, 3.63) is 47.0 Å². The van der Waals surface area contributed by atoms with Crippen molar-refractivity contribution >= 4 is 31.6 Å². The lowest BCUT2D eigenvalue weighted by Gasteiger charge is -2.18. The predicted molar refractivity (Wildman–Crippen MR) is 106 cm³/mol. The summed E-state index contributed by atoms with van der Waals surface area (Å²) in [5, 5.41) is 5.12. The number of fused-ring (bicyclic) bond motifs is 1. The molecule has 1 aliphatic carbocycles. The highest BCUT2D eigenvalue weighted by Gasteiger charge is 2.24. The van der Waals surface area contributed by atoms with Crippen molar-refractivity contribution in [1.82, 2.24) is 9.19 Å². The maximum Gasteiger partial charge on any atom is 0.284 e. The van der Waals surface area contributed by atoms with Gasteiger partial charge in [0.2, 0.25) is 0 Å². The minimum absolute atomic E-state index is 0.286. The molecule has 0 atom stereocenters. The smallest absolute Gasteiger partial charge is 0.199 e. The van der Waals surface area contributed by atoms with Crippen LogP contribution in [0.3, 0.4) is 0 Å². The van der Waals surface area contributed by atoms with Gasteiger partial charge in [-0.1, -0.05) is 49.8 Å². The second-order valence-electron chi connectivity index (χ2n) is 7.26. The molecule has 6 heteroatoms. The van der Waals surface area contributed by atoms with E-state index in [1.807, 2.05) is 19.1 Å². The van der Waals surface area contributed by atoms with E-state index in [9.17, 15) is 8.42 Å². The highest BCUT2D eigenvalue weighted by atomic mass is 32.2.